The third-order valence-corrected chi connectivity index (χ3v) is 6.72. The Bertz CT molecular complexity index is 1000. The molecule has 0 radical (unpaired) electrons. The first-order chi connectivity index (χ1) is 15.3. The molecular formula is C20H28N8O3S. The van der Waals surface area contributed by atoms with Crippen LogP contribution in [0.4, 0.5) is 22.7 Å². The lowest BCUT2D eigenvalue weighted by Gasteiger charge is -2.33. The molecule has 2 aromatic heterocycles. The average molecular weight is 461 g/mol. The van der Waals surface area contributed by atoms with Gasteiger partial charge in [-0.2, -0.15) is 9.97 Å². The largest absolute Gasteiger partial charge is 0.477 e. The van der Waals surface area contributed by atoms with Crippen molar-refractivity contribution in [1.29, 1.82) is 0 Å². The van der Waals surface area contributed by atoms with Crippen LogP contribution in [0.1, 0.15) is 28.7 Å². The summed E-state index contributed by atoms with van der Waals surface area (Å²) < 4.78 is 0. The maximum Gasteiger partial charge on any atom is 0.347 e. The lowest BCUT2D eigenvalue weighted by Crippen LogP contribution is -2.45. The highest BCUT2D eigenvalue weighted by molar-refractivity contribution is 7.17. The maximum atomic E-state index is 11.4. The first kappa shape index (κ1) is 22.2. The summed E-state index contributed by atoms with van der Waals surface area (Å²) in [6, 6.07) is 2.08. The van der Waals surface area contributed by atoms with E-state index in [1.54, 1.807) is 6.92 Å². The van der Waals surface area contributed by atoms with Crippen molar-refractivity contribution < 1.29 is 14.7 Å². The molecule has 3 N–H and O–H groups in total. The minimum atomic E-state index is -0.998. The number of hydrogen-bond donors (Lipinski definition) is 3. The number of nitrogens with zero attached hydrogens (tertiary/aromatic N) is 6. The molecule has 32 heavy (non-hydrogen) atoms. The number of carbonyl (C=O) groups excluding carboxylic acids is 1. The molecule has 1 atom stereocenters. The van der Waals surface area contributed by atoms with Crippen LogP contribution in [-0.4, -0.2) is 89.2 Å². The van der Waals surface area contributed by atoms with Crippen molar-refractivity contribution in [3.05, 3.63) is 16.6 Å². The van der Waals surface area contributed by atoms with E-state index in [2.05, 4.69) is 37.4 Å². The van der Waals surface area contributed by atoms with E-state index in [0.29, 0.717) is 23.3 Å². The molecule has 172 valence electrons. The van der Waals surface area contributed by atoms with Crippen molar-refractivity contribution in [2.45, 2.75) is 26.3 Å². The molecule has 2 saturated heterocycles. The third-order valence-electron chi connectivity index (χ3n) is 5.66. The van der Waals surface area contributed by atoms with Gasteiger partial charge in [-0.1, -0.05) is 11.3 Å². The topological polar surface area (TPSA) is 127 Å². The Kier molecular flexibility index (Phi) is 6.42. The molecule has 0 spiro atoms. The zero-order valence-electron chi connectivity index (χ0n) is 18.5. The van der Waals surface area contributed by atoms with Gasteiger partial charge in [0.05, 0.1) is 5.69 Å². The first-order valence-corrected chi connectivity index (χ1v) is 11.4. The second-order valence-electron chi connectivity index (χ2n) is 8.19. The molecule has 1 unspecified atom stereocenters. The number of thiazole rings is 1. The van der Waals surface area contributed by atoms with E-state index in [9.17, 15) is 14.7 Å². The number of rotatable bonds is 6. The minimum Gasteiger partial charge on any atom is -0.477 e. The van der Waals surface area contributed by atoms with Gasteiger partial charge in [-0.15, -0.1) is 0 Å². The average Bonchev–Trinajstić information content (AvgIpc) is 3.34. The number of carboxylic acids is 1. The number of aromatic carboxylic acids is 1. The van der Waals surface area contributed by atoms with Crippen LogP contribution in [0.3, 0.4) is 0 Å². The first-order valence-electron chi connectivity index (χ1n) is 10.6. The van der Waals surface area contributed by atoms with E-state index in [1.807, 2.05) is 6.07 Å². The van der Waals surface area contributed by atoms with Gasteiger partial charge < -0.3 is 25.1 Å². The molecule has 4 rings (SSSR count). The molecule has 2 aliphatic rings. The molecule has 0 saturated carbocycles. The summed E-state index contributed by atoms with van der Waals surface area (Å²) in [6.45, 7) is 8.28. The van der Waals surface area contributed by atoms with Gasteiger partial charge in [-0.05, 0) is 20.4 Å². The van der Waals surface area contributed by atoms with Crippen molar-refractivity contribution >= 4 is 45.9 Å². The molecule has 1 amide bonds. The lowest BCUT2D eigenvalue weighted by molar-refractivity contribution is -0.119. The van der Waals surface area contributed by atoms with Crippen LogP contribution in [0.5, 0.6) is 0 Å². The van der Waals surface area contributed by atoms with Crippen molar-refractivity contribution in [2.24, 2.45) is 0 Å². The summed E-state index contributed by atoms with van der Waals surface area (Å²) in [5.41, 5.74) is 0.457. The highest BCUT2D eigenvalue weighted by Gasteiger charge is 2.26. The van der Waals surface area contributed by atoms with E-state index >= 15 is 0 Å². The van der Waals surface area contributed by atoms with E-state index in [1.165, 1.54) is 6.92 Å². The van der Waals surface area contributed by atoms with E-state index in [-0.39, 0.29) is 16.8 Å². The predicted molar refractivity (Wildman–Crippen MR) is 123 cm³/mol. The second kappa shape index (κ2) is 9.25. The van der Waals surface area contributed by atoms with E-state index in [4.69, 9.17) is 9.97 Å². The smallest absolute Gasteiger partial charge is 0.347 e. The van der Waals surface area contributed by atoms with Crippen molar-refractivity contribution in [3.63, 3.8) is 0 Å². The lowest BCUT2D eigenvalue weighted by atomic mass is 10.2. The van der Waals surface area contributed by atoms with Gasteiger partial charge in [-0.3, -0.25) is 10.1 Å². The summed E-state index contributed by atoms with van der Waals surface area (Å²) >= 11 is 1.07. The minimum absolute atomic E-state index is 0.0339. The van der Waals surface area contributed by atoms with Crippen LogP contribution in [0, 0.1) is 6.92 Å². The van der Waals surface area contributed by atoms with Gasteiger partial charge in [-0.25, -0.2) is 9.78 Å². The molecule has 2 aliphatic heterocycles. The summed E-state index contributed by atoms with van der Waals surface area (Å²) in [6.07, 6.45) is 0.851. The Balaban J connectivity index is 1.61. The number of nitrogens with one attached hydrogen (secondary N) is 2. The monoisotopic (exact) mass is 460 g/mol. The summed E-state index contributed by atoms with van der Waals surface area (Å²) in [4.78, 5) is 43.4. The summed E-state index contributed by atoms with van der Waals surface area (Å²) in [7, 11) is 2.10. The zero-order valence-corrected chi connectivity index (χ0v) is 19.3. The van der Waals surface area contributed by atoms with Crippen molar-refractivity contribution in [2.75, 3.05) is 61.4 Å². The fourth-order valence-electron chi connectivity index (χ4n) is 3.96. The Morgan fingerprint density at radius 2 is 1.78 bits per heavy atom. The Morgan fingerprint density at radius 3 is 2.41 bits per heavy atom. The van der Waals surface area contributed by atoms with Crippen LogP contribution < -0.4 is 20.4 Å². The van der Waals surface area contributed by atoms with Crippen LogP contribution >= 0.6 is 11.3 Å². The Morgan fingerprint density at radius 1 is 1.09 bits per heavy atom. The van der Waals surface area contributed by atoms with Gasteiger partial charge >= 0.3 is 5.97 Å². The molecular weight excluding hydrogens is 432 g/mol. The number of likely N-dealkylation sites (N-methyl/N-ethyl adjacent to an activating group) is 1. The fourth-order valence-corrected chi connectivity index (χ4v) is 4.75. The van der Waals surface area contributed by atoms with Gasteiger partial charge in [0.15, 0.2) is 5.13 Å². The molecule has 2 aromatic rings. The standard InChI is InChI=1S/C20H28N8O3S/c1-12-17(18(30)31)32-20(21-12)25-19-23-15(27-8-6-26(3)7-9-27)10-16(24-19)28-5-4-14(11-28)22-13(2)29/h10,14H,4-9,11H2,1-3H3,(H,22,29)(H,30,31)(H,21,23,24,25). The van der Waals surface area contributed by atoms with E-state index < -0.39 is 5.97 Å². The van der Waals surface area contributed by atoms with Crippen LogP contribution in [0.2, 0.25) is 0 Å². The van der Waals surface area contributed by atoms with Crippen molar-refractivity contribution in [3.8, 4) is 0 Å². The molecule has 11 nitrogen and oxygen atoms in total. The van der Waals surface area contributed by atoms with Crippen molar-refractivity contribution in [1.82, 2.24) is 25.2 Å². The molecule has 4 heterocycles. The Labute approximate surface area is 190 Å². The number of carboxylic acid groups (broad SMARTS) is 1. The number of anilines is 4. The molecule has 0 aliphatic carbocycles. The number of amides is 1. The number of aryl methyl sites for hydroxylation is 1. The Hall–Kier alpha value is -2.99. The molecule has 12 heteroatoms. The van der Waals surface area contributed by atoms with Gasteiger partial charge in [0.25, 0.3) is 0 Å². The molecule has 0 bridgehead atoms. The molecule has 0 aromatic carbocycles. The predicted octanol–water partition coefficient (Wildman–Crippen LogP) is 1.15. The highest BCUT2D eigenvalue weighted by Crippen LogP contribution is 2.29. The zero-order chi connectivity index (χ0) is 22.8. The van der Waals surface area contributed by atoms with Crippen LogP contribution in [-0.2, 0) is 4.79 Å². The summed E-state index contributed by atoms with van der Waals surface area (Å²) in [5, 5.41) is 15.8. The maximum absolute atomic E-state index is 11.4. The SMILES string of the molecule is CC(=O)NC1CCN(c2cc(N3CCN(C)CC3)nc(Nc3nc(C)c(C(=O)O)s3)n2)C1. The summed E-state index contributed by atoms with van der Waals surface area (Å²) in [5.74, 6) is 0.941. The third kappa shape index (κ3) is 5.07. The van der Waals surface area contributed by atoms with Gasteiger partial charge in [0.1, 0.15) is 16.5 Å². The van der Waals surface area contributed by atoms with Gasteiger partial charge in [0.2, 0.25) is 11.9 Å². The number of carbonyl (C=O) groups is 2. The molecule has 2 fully saturated rings. The number of hydrogen-bond acceptors (Lipinski definition) is 10. The second-order valence-corrected chi connectivity index (χ2v) is 9.19. The van der Waals surface area contributed by atoms with Gasteiger partial charge in [0, 0.05) is 58.3 Å². The fraction of sp³-hybridized carbons (Fsp3) is 0.550. The highest BCUT2D eigenvalue weighted by atomic mass is 32.1. The normalized spacial score (nSPS) is 19.3. The number of piperazine rings is 1. The number of aromatic nitrogens is 3. The quantitative estimate of drug-likeness (QED) is 0.578. The van der Waals surface area contributed by atoms with Crippen LogP contribution in [0.25, 0.3) is 0 Å². The van der Waals surface area contributed by atoms with Crippen LogP contribution in [0.15, 0.2) is 6.07 Å². The van der Waals surface area contributed by atoms with E-state index in [0.717, 1.165) is 62.1 Å².